The summed E-state index contributed by atoms with van der Waals surface area (Å²) in [4.78, 5) is 10.9. The van der Waals surface area contributed by atoms with Crippen LogP contribution in [0.5, 0.6) is 0 Å². The molecule has 1 saturated heterocycles. The van der Waals surface area contributed by atoms with Gasteiger partial charge in [-0.25, -0.2) is 0 Å². The summed E-state index contributed by atoms with van der Waals surface area (Å²) in [5, 5.41) is 0. The molecule has 0 bridgehead atoms. The zero-order valence-corrected chi connectivity index (χ0v) is 9.03. The van der Waals surface area contributed by atoms with E-state index >= 15 is 0 Å². The standard InChI is InChI=1S/C10H17BO3/c1-4-7-8(5-2)14-10(11)9(7)13-6(3)12/h7-10H,4-5H2,1-3H3/t7-,8-,9-,10-/m1/s1. The minimum Gasteiger partial charge on any atom is -0.460 e. The maximum absolute atomic E-state index is 10.9. The van der Waals surface area contributed by atoms with Crippen LogP contribution in [0.15, 0.2) is 0 Å². The van der Waals surface area contributed by atoms with E-state index in [4.69, 9.17) is 17.3 Å². The van der Waals surface area contributed by atoms with Crippen LogP contribution in [-0.2, 0) is 14.3 Å². The summed E-state index contributed by atoms with van der Waals surface area (Å²) in [6, 6.07) is -0.464. The van der Waals surface area contributed by atoms with Crippen LogP contribution in [0, 0.1) is 5.92 Å². The highest BCUT2D eigenvalue weighted by molar-refractivity contribution is 6.11. The zero-order valence-electron chi connectivity index (χ0n) is 9.03. The summed E-state index contributed by atoms with van der Waals surface area (Å²) in [5.74, 6) is -0.0526. The van der Waals surface area contributed by atoms with Crippen molar-refractivity contribution in [2.24, 2.45) is 5.92 Å². The highest BCUT2D eigenvalue weighted by atomic mass is 16.6. The fourth-order valence-corrected chi connectivity index (χ4v) is 2.08. The first-order valence-electron chi connectivity index (χ1n) is 5.18. The van der Waals surface area contributed by atoms with Gasteiger partial charge in [0.25, 0.3) is 0 Å². The van der Waals surface area contributed by atoms with Gasteiger partial charge < -0.3 is 9.47 Å². The molecule has 1 fully saturated rings. The van der Waals surface area contributed by atoms with Crippen LogP contribution >= 0.6 is 0 Å². The van der Waals surface area contributed by atoms with Gasteiger partial charge >= 0.3 is 5.97 Å². The maximum atomic E-state index is 10.9. The molecule has 4 atom stereocenters. The van der Waals surface area contributed by atoms with E-state index in [0.717, 1.165) is 12.8 Å². The van der Waals surface area contributed by atoms with Crippen LogP contribution in [0.2, 0.25) is 0 Å². The molecule has 2 radical (unpaired) electrons. The molecule has 0 N–H and O–H groups in total. The van der Waals surface area contributed by atoms with Crippen molar-refractivity contribution in [3.05, 3.63) is 0 Å². The molecule has 1 aliphatic heterocycles. The van der Waals surface area contributed by atoms with Crippen molar-refractivity contribution in [2.45, 2.75) is 51.8 Å². The Morgan fingerprint density at radius 3 is 2.50 bits per heavy atom. The molecule has 0 spiro atoms. The Kier molecular flexibility index (Phi) is 3.99. The van der Waals surface area contributed by atoms with Gasteiger partial charge in [0, 0.05) is 12.8 Å². The number of hydrogen-bond acceptors (Lipinski definition) is 3. The Labute approximate surface area is 86.6 Å². The molecule has 1 aliphatic rings. The van der Waals surface area contributed by atoms with Crippen molar-refractivity contribution in [2.75, 3.05) is 0 Å². The van der Waals surface area contributed by atoms with Gasteiger partial charge in [0.1, 0.15) is 14.0 Å². The average molecular weight is 196 g/mol. The molecule has 1 rings (SSSR count). The molecule has 0 amide bonds. The van der Waals surface area contributed by atoms with Crippen LogP contribution in [0.4, 0.5) is 0 Å². The lowest BCUT2D eigenvalue weighted by molar-refractivity contribution is -0.148. The molecular weight excluding hydrogens is 179 g/mol. The molecule has 14 heavy (non-hydrogen) atoms. The lowest BCUT2D eigenvalue weighted by Gasteiger charge is -2.21. The predicted molar refractivity (Wildman–Crippen MR) is 54.0 cm³/mol. The maximum Gasteiger partial charge on any atom is 0.302 e. The average Bonchev–Trinajstić information content (AvgIpc) is 2.42. The molecular formula is C10H17BO3. The molecule has 0 aromatic heterocycles. The normalized spacial score (nSPS) is 37.1. The van der Waals surface area contributed by atoms with Crippen molar-refractivity contribution >= 4 is 13.8 Å². The number of ether oxygens (including phenoxy) is 2. The second-order valence-corrected chi connectivity index (χ2v) is 3.69. The van der Waals surface area contributed by atoms with Crippen LogP contribution in [0.25, 0.3) is 0 Å². The van der Waals surface area contributed by atoms with Crippen molar-refractivity contribution in [1.29, 1.82) is 0 Å². The monoisotopic (exact) mass is 196 g/mol. The Morgan fingerprint density at radius 2 is 2.07 bits per heavy atom. The molecule has 1 heterocycles. The van der Waals surface area contributed by atoms with Crippen LogP contribution < -0.4 is 0 Å². The summed E-state index contributed by atoms with van der Waals surface area (Å²) in [6.45, 7) is 5.51. The quantitative estimate of drug-likeness (QED) is 0.503. The topological polar surface area (TPSA) is 35.5 Å². The van der Waals surface area contributed by atoms with E-state index in [0.29, 0.717) is 0 Å². The number of hydrogen-bond donors (Lipinski definition) is 0. The first kappa shape index (κ1) is 11.6. The molecule has 4 heteroatoms. The van der Waals surface area contributed by atoms with Gasteiger partial charge in [-0.2, -0.15) is 0 Å². The third kappa shape index (κ3) is 2.29. The summed E-state index contributed by atoms with van der Waals surface area (Å²) >= 11 is 0. The van der Waals surface area contributed by atoms with E-state index in [2.05, 4.69) is 13.8 Å². The molecule has 3 nitrogen and oxygen atoms in total. The third-order valence-electron chi connectivity index (χ3n) is 2.73. The van der Waals surface area contributed by atoms with E-state index in [9.17, 15) is 4.79 Å². The van der Waals surface area contributed by atoms with E-state index in [1.165, 1.54) is 6.92 Å². The minimum absolute atomic E-state index is 0.124. The molecule has 0 unspecified atom stereocenters. The van der Waals surface area contributed by atoms with Crippen molar-refractivity contribution < 1.29 is 14.3 Å². The molecule has 0 aromatic rings. The Balaban J connectivity index is 2.66. The van der Waals surface area contributed by atoms with Gasteiger partial charge in [-0.05, 0) is 12.8 Å². The Morgan fingerprint density at radius 1 is 1.43 bits per heavy atom. The predicted octanol–water partition coefficient (Wildman–Crippen LogP) is 1.25. The van der Waals surface area contributed by atoms with E-state index in [1.54, 1.807) is 0 Å². The zero-order chi connectivity index (χ0) is 10.7. The lowest BCUT2D eigenvalue weighted by atomic mass is 9.85. The molecule has 0 saturated carbocycles. The summed E-state index contributed by atoms with van der Waals surface area (Å²) in [7, 11) is 5.76. The van der Waals surface area contributed by atoms with Gasteiger partial charge in [-0.3, -0.25) is 4.79 Å². The third-order valence-corrected chi connectivity index (χ3v) is 2.73. The SMILES string of the molecule is [B][C@@H]1O[C@H](CC)[C@@H](CC)[C@H]1OC(C)=O. The van der Waals surface area contributed by atoms with Gasteiger partial charge in [-0.15, -0.1) is 0 Å². The van der Waals surface area contributed by atoms with E-state index in [-0.39, 0.29) is 24.1 Å². The number of carbonyl (C=O) groups excluding carboxylic acids is 1. The second kappa shape index (κ2) is 4.83. The summed E-state index contributed by atoms with van der Waals surface area (Å²) < 4.78 is 10.7. The van der Waals surface area contributed by atoms with Crippen molar-refractivity contribution in [3.63, 3.8) is 0 Å². The van der Waals surface area contributed by atoms with Gasteiger partial charge in [0.2, 0.25) is 0 Å². The van der Waals surface area contributed by atoms with Crippen LogP contribution in [0.1, 0.15) is 33.6 Å². The highest BCUT2D eigenvalue weighted by Gasteiger charge is 2.41. The van der Waals surface area contributed by atoms with Crippen LogP contribution in [-0.4, -0.2) is 32.0 Å². The van der Waals surface area contributed by atoms with Gasteiger partial charge in [-0.1, -0.05) is 13.8 Å². The highest BCUT2D eigenvalue weighted by Crippen LogP contribution is 2.32. The van der Waals surface area contributed by atoms with Crippen molar-refractivity contribution in [3.8, 4) is 0 Å². The van der Waals surface area contributed by atoms with Gasteiger partial charge in [0.05, 0.1) is 12.1 Å². The first-order valence-corrected chi connectivity index (χ1v) is 5.18. The Hall–Kier alpha value is -0.505. The Bertz CT molecular complexity index is 208. The fraction of sp³-hybridized carbons (Fsp3) is 0.900. The fourth-order valence-electron chi connectivity index (χ4n) is 2.08. The number of esters is 1. The van der Waals surface area contributed by atoms with E-state index < -0.39 is 6.00 Å². The number of rotatable bonds is 3. The largest absolute Gasteiger partial charge is 0.460 e. The first-order chi connectivity index (χ1) is 6.60. The van der Waals surface area contributed by atoms with Crippen LogP contribution in [0.3, 0.4) is 0 Å². The summed E-state index contributed by atoms with van der Waals surface area (Å²) in [6.07, 6.45) is 1.68. The molecule has 0 aliphatic carbocycles. The lowest BCUT2D eigenvalue weighted by Crippen LogP contribution is -2.32. The smallest absolute Gasteiger partial charge is 0.302 e. The van der Waals surface area contributed by atoms with E-state index in [1.807, 2.05) is 0 Å². The number of carbonyl (C=O) groups is 1. The minimum atomic E-state index is -0.464. The molecule has 0 aromatic carbocycles. The van der Waals surface area contributed by atoms with Gasteiger partial charge in [0.15, 0.2) is 0 Å². The summed E-state index contributed by atoms with van der Waals surface area (Å²) in [5.41, 5.74) is 0. The molecule has 78 valence electrons. The van der Waals surface area contributed by atoms with Crippen molar-refractivity contribution in [1.82, 2.24) is 0 Å². The second-order valence-electron chi connectivity index (χ2n) is 3.69.